The smallest absolute Gasteiger partial charge is 0.254 e. The van der Waals surface area contributed by atoms with Gasteiger partial charge in [0.05, 0.1) is 12.2 Å². The highest BCUT2D eigenvalue weighted by Gasteiger charge is 2.33. The average Bonchev–Trinajstić information content (AvgIpc) is 2.46. The van der Waals surface area contributed by atoms with E-state index in [2.05, 4.69) is 0 Å². The predicted octanol–water partition coefficient (Wildman–Crippen LogP) is 2.31. The molecule has 1 atom stereocenters. The Labute approximate surface area is 126 Å². The monoisotopic (exact) mass is 292 g/mol. The maximum atomic E-state index is 12.7. The number of carbonyl (C=O) groups excluding carboxylic acids is 1. The van der Waals surface area contributed by atoms with E-state index in [4.69, 9.17) is 15.2 Å². The van der Waals surface area contributed by atoms with Gasteiger partial charge in [-0.05, 0) is 38.8 Å². The number of carbonyl (C=O) groups is 1. The molecule has 1 aliphatic rings. The zero-order valence-corrected chi connectivity index (χ0v) is 13.0. The predicted molar refractivity (Wildman–Crippen MR) is 82.6 cm³/mol. The molecular weight excluding hydrogens is 268 g/mol. The molecule has 0 radical (unpaired) electrons. The number of amides is 1. The first-order valence-corrected chi connectivity index (χ1v) is 7.35. The molecule has 1 aromatic rings. The average molecular weight is 292 g/mol. The number of anilines is 1. The van der Waals surface area contributed by atoms with Crippen molar-refractivity contribution in [2.45, 2.75) is 32.3 Å². The number of rotatable bonds is 4. The number of nitrogen functional groups attached to an aromatic ring is 1. The van der Waals surface area contributed by atoms with Gasteiger partial charge in [0.2, 0.25) is 0 Å². The standard InChI is InChI=1S/C16H24N2O3/c1-4-21-14-9-12(8-13(17)10-14)15(19)18-7-5-6-16(2,11-18)20-3/h8-10H,4-7,11,17H2,1-3H3. The highest BCUT2D eigenvalue weighted by molar-refractivity contribution is 5.95. The van der Waals surface area contributed by atoms with Crippen molar-refractivity contribution in [3.8, 4) is 5.75 Å². The zero-order chi connectivity index (χ0) is 15.5. The third-order valence-corrected chi connectivity index (χ3v) is 3.93. The van der Waals surface area contributed by atoms with E-state index >= 15 is 0 Å². The first kappa shape index (κ1) is 15.6. The molecule has 0 bridgehead atoms. The Balaban J connectivity index is 2.19. The van der Waals surface area contributed by atoms with Gasteiger partial charge in [0, 0.05) is 37.5 Å². The lowest BCUT2D eigenvalue weighted by atomic mass is 9.94. The van der Waals surface area contributed by atoms with Crippen molar-refractivity contribution >= 4 is 11.6 Å². The van der Waals surface area contributed by atoms with Crippen LogP contribution in [0.25, 0.3) is 0 Å². The molecule has 0 spiro atoms. The number of methoxy groups -OCH3 is 1. The summed E-state index contributed by atoms with van der Waals surface area (Å²) in [5.74, 6) is 0.610. The fourth-order valence-corrected chi connectivity index (χ4v) is 2.72. The van der Waals surface area contributed by atoms with Crippen LogP contribution >= 0.6 is 0 Å². The van der Waals surface area contributed by atoms with Gasteiger partial charge in [-0.25, -0.2) is 0 Å². The molecule has 5 heteroatoms. The molecule has 1 unspecified atom stereocenters. The van der Waals surface area contributed by atoms with E-state index in [-0.39, 0.29) is 11.5 Å². The van der Waals surface area contributed by atoms with E-state index in [1.54, 1.807) is 25.3 Å². The van der Waals surface area contributed by atoms with E-state index in [1.165, 1.54) is 0 Å². The Morgan fingerprint density at radius 3 is 2.86 bits per heavy atom. The molecule has 2 N–H and O–H groups in total. The van der Waals surface area contributed by atoms with Gasteiger partial charge in [-0.2, -0.15) is 0 Å². The maximum Gasteiger partial charge on any atom is 0.254 e. The van der Waals surface area contributed by atoms with Crippen LogP contribution in [0.5, 0.6) is 5.75 Å². The second-order valence-corrected chi connectivity index (χ2v) is 5.71. The van der Waals surface area contributed by atoms with Gasteiger partial charge >= 0.3 is 0 Å². The van der Waals surface area contributed by atoms with Crippen LogP contribution < -0.4 is 10.5 Å². The SMILES string of the molecule is CCOc1cc(N)cc(C(=O)N2CCCC(C)(OC)C2)c1. The van der Waals surface area contributed by atoms with E-state index in [0.717, 1.165) is 19.4 Å². The van der Waals surface area contributed by atoms with E-state index < -0.39 is 0 Å². The summed E-state index contributed by atoms with van der Waals surface area (Å²) in [5, 5.41) is 0. The molecule has 116 valence electrons. The van der Waals surface area contributed by atoms with E-state index in [0.29, 0.717) is 30.2 Å². The van der Waals surface area contributed by atoms with Crippen molar-refractivity contribution in [1.29, 1.82) is 0 Å². The molecule has 1 aliphatic heterocycles. The van der Waals surface area contributed by atoms with Crippen LogP contribution in [0, 0.1) is 0 Å². The molecule has 0 aliphatic carbocycles. The molecule has 0 saturated carbocycles. The van der Waals surface area contributed by atoms with Crippen LogP contribution in [0.2, 0.25) is 0 Å². The van der Waals surface area contributed by atoms with Gasteiger partial charge in [-0.1, -0.05) is 0 Å². The van der Waals surface area contributed by atoms with E-state index in [1.807, 2.05) is 18.7 Å². The number of ether oxygens (including phenoxy) is 2. The molecule has 1 aromatic carbocycles. The summed E-state index contributed by atoms with van der Waals surface area (Å²) in [5.41, 5.74) is 6.70. The number of benzene rings is 1. The van der Waals surface area contributed by atoms with Crippen LogP contribution in [0.3, 0.4) is 0 Å². The molecule has 1 heterocycles. The lowest BCUT2D eigenvalue weighted by Gasteiger charge is -2.39. The quantitative estimate of drug-likeness (QED) is 0.865. The van der Waals surface area contributed by atoms with Gasteiger partial charge in [-0.15, -0.1) is 0 Å². The van der Waals surface area contributed by atoms with Crippen molar-refractivity contribution in [3.05, 3.63) is 23.8 Å². The Morgan fingerprint density at radius 2 is 2.19 bits per heavy atom. The van der Waals surface area contributed by atoms with Crippen LogP contribution in [-0.4, -0.2) is 43.2 Å². The lowest BCUT2D eigenvalue weighted by molar-refractivity contribution is -0.0440. The van der Waals surface area contributed by atoms with Crippen molar-refractivity contribution in [2.24, 2.45) is 0 Å². The van der Waals surface area contributed by atoms with Gasteiger partial charge in [0.15, 0.2) is 0 Å². The van der Waals surface area contributed by atoms with Crippen molar-refractivity contribution < 1.29 is 14.3 Å². The van der Waals surface area contributed by atoms with Crippen LogP contribution in [0.4, 0.5) is 5.69 Å². The summed E-state index contributed by atoms with van der Waals surface area (Å²) in [6.45, 7) is 5.83. The minimum atomic E-state index is -0.267. The number of piperidine rings is 1. The fourth-order valence-electron chi connectivity index (χ4n) is 2.72. The first-order valence-electron chi connectivity index (χ1n) is 7.35. The highest BCUT2D eigenvalue weighted by Crippen LogP contribution is 2.26. The van der Waals surface area contributed by atoms with Crippen molar-refractivity contribution in [1.82, 2.24) is 4.90 Å². The Bertz CT molecular complexity index is 518. The van der Waals surface area contributed by atoms with Crippen molar-refractivity contribution in [2.75, 3.05) is 32.5 Å². The summed E-state index contributed by atoms with van der Waals surface area (Å²) < 4.78 is 11.0. The van der Waals surface area contributed by atoms with Crippen LogP contribution in [0.1, 0.15) is 37.0 Å². The summed E-state index contributed by atoms with van der Waals surface area (Å²) >= 11 is 0. The number of nitrogens with two attached hydrogens (primary N) is 1. The number of likely N-dealkylation sites (tertiary alicyclic amines) is 1. The highest BCUT2D eigenvalue weighted by atomic mass is 16.5. The third kappa shape index (κ3) is 3.67. The number of hydrogen-bond acceptors (Lipinski definition) is 4. The molecular formula is C16H24N2O3. The summed E-state index contributed by atoms with van der Waals surface area (Å²) in [7, 11) is 1.70. The largest absolute Gasteiger partial charge is 0.494 e. The molecule has 1 amide bonds. The first-order chi connectivity index (χ1) is 9.97. The Kier molecular flexibility index (Phi) is 4.73. The molecule has 1 fully saturated rings. The van der Waals surface area contributed by atoms with Gasteiger partial charge in [0.25, 0.3) is 5.91 Å². The van der Waals surface area contributed by atoms with Crippen LogP contribution in [0.15, 0.2) is 18.2 Å². The Hall–Kier alpha value is -1.75. The topological polar surface area (TPSA) is 64.8 Å². The summed E-state index contributed by atoms with van der Waals surface area (Å²) in [4.78, 5) is 14.5. The second-order valence-electron chi connectivity index (χ2n) is 5.71. The van der Waals surface area contributed by atoms with E-state index in [9.17, 15) is 4.79 Å². The summed E-state index contributed by atoms with van der Waals surface area (Å²) in [6.07, 6.45) is 1.91. The van der Waals surface area contributed by atoms with Gasteiger partial charge < -0.3 is 20.1 Å². The zero-order valence-electron chi connectivity index (χ0n) is 13.0. The van der Waals surface area contributed by atoms with Gasteiger partial charge in [-0.3, -0.25) is 4.79 Å². The minimum absolute atomic E-state index is 0.0220. The Morgan fingerprint density at radius 1 is 1.43 bits per heavy atom. The fraction of sp³-hybridized carbons (Fsp3) is 0.562. The number of hydrogen-bond donors (Lipinski definition) is 1. The lowest BCUT2D eigenvalue weighted by Crippen LogP contribution is -2.49. The third-order valence-electron chi connectivity index (χ3n) is 3.93. The molecule has 0 aromatic heterocycles. The van der Waals surface area contributed by atoms with Crippen molar-refractivity contribution in [3.63, 3.8) is 0 Å². The molecule has 5 nitrogen and oxygen atoms in total. The van der Waals surface area contributed by atoms with Gasteiger partial charge in [0.1, 0.15) is 5.75 Å². The normalized spacial score (nSPS) is 22.1. The molecule has 21 heavy (non-hydrogen) atoms. The molecule has 2 rings (SSSR count). The van der Waals surface area contributed by atoms with Crippen LogP contribution in [-0.2, 0) is 4.74 Å². The second kappa shape index (κ2) is 6.35. The maximum absolute atomic E-state index is 12.7. The molecule has 1 saturated heterocycles. The number of nitrogens with zero attached hydrogens (tertiary/aromatic N) is 1. The summed E-state index contributed by atoms with van der Waals surface area (Å²) in [6, 6.07) is 5.18. The minimum Gasteiger partial charge on any atom is -0.494 e.